The lowest BCUT2D eigenvalue weighted by Crippen LogP contribution is -2.37. The Balaban J connectivity index is 1.95. The number of thioether (sulfide) groups is 1. The monoisotopic (exact) mass is 406 g/mol. The van der Waals surface area contributed by atoms with Crippen LogP contribution in [0.3, 0.4) is 0 Å². The summed E-state index contributed by atoms with van der Waals surface area (Å²) in [5, 5.41) is 9.21. The van der Waals surface area contributed by atoms with Crippen molar-refractivity contribution in [3.8, 4) is 17.1 Å². The number of ether oxygens (including phenoxy) is 1. The molecule has 0 fully saturated rings. The Labute approximate surface area is 174 Å². The summed E-state index contributed by atoms with van der Waals surface area (Å²) in [6, 6.07) is 15.7. The van der Waals surface area contributed by atoms with Crippen LogP contribution in [0.15, 0.2) is 53.7 Å². The van der Waals surface area contributed by atoms with Crippen molar-refractivity contribution in [2.45, 2.75) is 38.6 Å². The molecule has 29 heavy (non-hydrogen) atoms. The maximum atomic E-state index is 13.1. The number of hydrogen-bond acceptors (Lipinski definition) is 6. The Morgan fingerprint density at radius 2 is 1.97 bits per heavy atom. The van der Waals surface area contributed by atoms with Crippen LogP contribution in [-0.2, 0) is 4.79 Å². The smallest absolute Gasteiger partial charge is 0.247 e. The van der Waals surface area contributed by atoms with Crippen molar-refractivity contribution in [2.24, 2.45) is 0 Å². The third-order valence-electron chi connectivity index (χ3n) is 4.68. The fraction of sp³-hybridized carbons (Fsp3) is 0.273. The Morgan fingerprint density at radius 1 is 1.14 bits per heavy atom. The van der Waals surface area contributed by atoms with E-state index in [1.54, 1.807) is 4.90 Å². The van der Waals surface area contributed by atoms with E-state index in [4.69, 9.17) is 4.74 Å². The van der Waals surface area contributed by atoms with Crippen molar-refractivity contribution in [1.82, 2.24) is 15.2 Å². The quantitative estimate of drug-likeness (QED) is 0.580. The van der Waals surface area contributed by atoms with Crippen molar-refractivity contribution < 1.29 is 9.53 Å². The summed E-state index contributed by atoms with van der Waals surface area (Å²) in [7, 11) is 0. The normalized spacial score (nSPS) is 15.1. The van der Waals surface area contributed by atoms with Crippen LogP contribution < -0.4 is 9.64 Å². The molecule has 0 bridgehead atoms. The molecule has 7 heteroatoms. The van der Waals surface area contributed by atoms with Crippen molar-refractivity contribution >= 4 is 23.4 Å². The molecule has 1 aliphatic rings. The van der Waals surface area contributed by atoms with Crippen molar-refractivity contribution in [2.75, 3.05) is 10.7 Å². The van der Waals surface area contributed by atoms with Gasteiger partial charge in [-0.2, -0.15) is 4.98 Å². The van der Waals surface area contributed by atoms with Gasteiger partial charge >= 0.3 is 0 Å². The molecule has 2 heterocycles. The third kappa shape index (κ3) is 3.70. The predicted molar refractivity (Wildman–Crippen MR) is 114 cm³/mol. The molecule has 1 aliphatic heterocycles. The van der Waals surface area contributed by atoms with Gasteiger partial charge in [0, 0.05) is 17.5 Å². The highest BCUT2D eigenvalue weighted by molar-refractivity contribution is 7.99. The maximum absolute atomic E-state index is 13.1. The lowest BCUT2D eigenvalue weighted by molar-refractivity contribution is -0.120. The van der Waals surface area contributed by atoms with Gasteiger partial charge in [-0.1, -0.05) is 73.6 Å². The fourth-order valence-electron chi connectivity index (χ4n) is 3.38. The zero-order valence-corrected chi connectivity index (χ0v) is 17.4. The molecule has 6 nitrogen and oxygen atoms in total. The summed E-state index contributed by atoms with van der Waals surface area (Å²) in [5.41, 5.74) is 4.06. The average Bonchev–Trinajstić information content (AvgIpc) is 2.88. The molecule has 0 saturated carbocycles. The number of aryl methyl sites for hydroxylation is 1. The van der Waals surface area contributed by atoms with Crippen LogP contribution in [0.4, 0.5) is 5.69 Å². The van der Waals surface area contributed by atoms with E-state index >= 15 is 0 Å². The first-order valence-electron chi connectivity index (χ1n) is 9.64. The summed E-state index contributed by atoms with van der Waals surface area (Å²) in [6.07, 6.45) is -0.284. The van der Waals surface area contributed by atoms with E-state index < -0.39 is 6.23 Å². The van der Waals surface area contributed by atoms with E-state index in [0.29, 0.717) is 23.2 Å². The molecule has 0 unspecified atom stereocenters. The molecular formula is C22H22N4O2S. The molecule has 2 aromatic carbocycles. The summed E-state index contributed by atoms with van der Waals surface area (Å²) in [6.45, 7) is 5.91. The van der Waals surface area contributed by atoms with Crippen LogP contribution in [0.25, 0.3) is 11.3 Å². The molecule has 4 rings (SSSR count). The number of aromatic nitrogens is 3. The number of fused-ring (bicyclic) bond motifs is 3. The van der Waals surface area contributed by atoms with Crippen LogP contribution in [0.1, 0.15) is 37.6 Å². The van der Waals surface area contributed by atoms with E-state index in [-0.39, 0.29) is 5.91 Å². The highest BCUT2D eigenvalue weighted by atomic mass is 32.2. The average molecular weight is 407 g/mol. The lowest BCUT2D eigenvalue weighted by atomic mass is 10.1. The predicted octanol–water partition coefficient (Wildman–Crippen LogP) is 4.79. The minimum absolute atomic E-state index is 0.0344. The minimum atomic E-state index is -0.638. The van der Waals surface area contributed by atoms with E-state index in [0.717, 1.165) is 28.1 Å². The summed E-state index contributed by atoms with van der Waals surface area (Å²) < 4.78 is 6.38. The zero-order chi connectivity index (χ0) is 20.4. The SMILES string of the molecule is CCSc1nnc2c(n1)O[C@H](c1cccc(C)c1)N(C(=O)CC)c1ccccc1-2. The molecule has 1 amide bonds. The van der Waals surface area contributed by atoms with Crippen molar-refractivity contribution in [3.05, 3.63) is 59.7 Å². The van der Waals surface area contributed by atoms with Crippen LogP contribution in [0, 0.1) is 6.92 Å². The topological polar surface area (TPSA) is 68.2 Å². The van der Waals surface area contributed by atoms with E-state index in [2.05, 4.69) is 15.2 Å². The first kappa shape index (κ1) is 19.4. The number of anilines is 1. The Hall–Kier alpha value is -2.93. The maximum Gasteiger partial charge on any atom is 0.247 e. The number of carbonyl (C=O) groups excluding carboxylic acids is 1. The second-order valence-corrected chi connectivity index (χ2v) is 7.93. The van der Waals surface area contributed by atoms with Gasteiger partial charge in [0.25, 0.3) is 0 Å². The Bertz CT molecular complexity index is 1060. The Morgan fingerprint density at radius 3 is 2.72 bits per heavy atom. The van der Waals surface area contributed by atoms with Gasteiger partial charge in [0.1, 0.15) is 0 Å². The number of amides is 1. The number of hydrogen-bond donors (Lipinski definition) is 0. The van der Waals surface area contributed by atoms with Gasteiger partial charge in [0.05, 0.1) is 5.69 Å². The molecule has 1 aromatic heterocycles. The number of nitrogens with zero attached hydrogens (tertiary/aromatic N) is 4. The number of rotatable bonds is 4. The highest BCUT2D eigenvalue weighted by Crippen LogP contribution is 2.43. The second kappa shape index (κ2) is 8.21. The molecule has 0 radical (unpaired) electrons. The van der Waals surface area contributed by atoms with Crippen molar-refractivity contribution in [3.63, 3.8) is 0 Å². The molecule has 0 saturated heterocycles. The summed E-state index contributed by atoms with van der Waals surface area (Å²) >= 11 is 1.50. The minimum Gasteiger partial charge on any atom is -0.447 e. The first-order valence-corrected chi connectivity index (χ1v) is 10.6. The van der Waals surface area contributed by atoms with Crippen LogP contribution in [0.5, 0.6) is 5.88 Å². The summed E-state index contributed by atoms with van der Waals surface area (Å²) in [5.74, 6) is 1.19. The first-order chi connectivity index (χ1) is 14.1. The number of para-hydroxylation sites is 1. The van der Waals surface area contributed by atoms with E-state index in [9.17, 15) is 4.79 Å². The van der Waals surface area contributed by atoms with Gasteiger partial charge in [-0.25, -0.2) is 0 Å². The number of carbonyl (C=O) groups is 1. The second-order valence-electron chi connectivity index (χ2n) is 6.70. The van der Waals surface area contributed by atoms with Crippen LogP contribution >= 0.6 is 11.8 Å². The molecule has 148 valence electrons. The van der Waals surface area contributed by atoms with Gasteiger partial charge in [-0.15, -0.1) is 10.2 Å². The standard InChI is InChI=1S/C22H22N4O2S/c1-4-18(27)26-17-12-7-6-11-16(17)19-20(23-22(25-24-19)29-5-2)28-21(26)15-10-8-9-14(3)13-15/h6-13,21H,4-5H2,1-3H3/t21-/m1/s1. The molecule has 0 N–H and O–H groups in total. The molecule has 0 spiro atoms. The zero-order valence-electron chi connectivity index (χ0n) is 16.6. The van der Waals surface area contributed by atoms with E-state index in [1.165, 1.54) is 11.8 Å². The van der Waals surface area contributed by atoms with E-state index in [1.807, 2.05) is 69.3 Å². The van der Waals surface area contributed by atoms with Gasteiger partial charge in [-0.05, 0) is 18.7 Å². The number of benzene rings is 2. The largest absolute Gasteiger partial charge is 0.447 e. The molecule has 0 aliphatic carbocycles. The van der Waals surface area contributed by atoms with Crippen LogP contribution in [-0.4, -0.2) is 26.8 Å². The molecule has 1 atom stereocenters. The molecule has 3 aromatic rings. The van der Waals surface area contributed by atoms with Gasteiger partial charge in [0.15, 0.2) is 5.69 Å². The lowest BCUT2D eigenvalue weighted by Gasteiger charge is -2.30. The third-order valence-corrected chi connectivity index (χ3v) is 5.40. The highest BCUT2D eigenvalue weighted by Gasteiger charge is 2.35. The molecular weight excluding hydrogens is 384 g/mol. The summed E-state index contributed by atoms with van der Waals surface area (Å²) in [4.78, 5) is 19.4. The van der Waals surface area contributed by atoms with Gasteiger partial charge in [0.2, 0.25) is 23.2 Å². The van der Waals surface area contributed by atoms with Crippen LogP contribution in [0.2, 0.25) is 0 Å². The van der Waals surface area contributed by atoms with Crippen molar-refractivity contribution in [1.29, 1.82) is 0 Å². The van der Waals surface area contributed by atoms with Gasteiger partial charge < -0.3 is 4.74 Å². The fourth-order valence-corrected chi connectivity index (χ4v) is 3.89. The Kier molecular flexibility index (Phi) is 5.49. The van der Waals surface area contributed by atoms with Gasteiger partial charge in [-0.3, -0.25) is 9.69 Å².